The van der Waals surface area contributed by atoms with Gasteiger partial charge in [0.2, 0.25) is 0 Å². The van der Waals surface area contributed by atoms with Crippen LogP contribution in [0.15, 0.2) is 188 Å². The van der Waals surface area contributed by atoms with Crippen LogP contribution in [0.3, 0.4) is 0 Å². The molecule has 0 atom stereocenters. The van der Waals surface area contributed by atoms with E-state index in [2.05, 4.69) is 143 Å². The molecular weight excluding hydrogens is 649 g/mol. The van der Waals surface area contributed by atoms with Crippen LogP contribution >= 0.6 is 0 Å². The Morgan fingerprint density at radius 2 is 1.08 bits per heavy atom. The van der Waals surface area contributed by atoms with Gasteiger partial charge in [-0.05, 0) is 89.5 Å². The molecule has 10 rings (SSSR count). The van der Waals surface area contributed by atoms with Crippen molar-refractivity contribution in [3.63, 3.8) is 0 Å². The second kappa shape index (κ2) is 12.5. The second-order valence-electron chi connectivity index (χ2n) is 13.2. The number of phenols is 1. The maximum Gasteiger partial charge on any atom is 0.149 e. The van der Waals surface area contributed by atoms with Gasteiger partial charge in [0.05, 0.1) is 33.3 Å². The number of benzene rings is 7. The molecule has 0 aliphatic rings. The minimum atomic E-state index is 0.182. The molecule has 0 amide bonds. The van der Waals surface area contributed by atoms with Crippen molar-refractivity contribution in [3.8, 4) is 62.0 Å². The lowest BCUT2D eigenvalue weighted by molar-refractivity contribution is 0.477. The molecule has 0 aliphatic heterocycles. The standard InChI is InChI=1S/C48H32N4O/c53-45-26-13-11-22-39(45)48-50-47-37(23-14-25-43(47)52(48)36-19-8-3-9-20-36)40-29-34(41-30-33(27-28-49-41)32-15-4-1-5-16-32)31-44-46(40)38-21-10-12-24-42(38)51(44)35-17-6-2-7-18-35/h1-31,53H. The predicted molar refractivity (Wildman–Crippen MR) is 217 cm³/mol. The Morgan fingerprint density at radius 3 is 1.85 bits per heavy atom. The fourth-order valence-corrected chi connectivity index (χ4v) is 7.71. The molecule has 3 heterocycles. The molecule has 1 N–H and O–H groups in total. The summed E-state index contributed by atoms with van der Waals surface area (Å²) in [6, 6.07) is 62.4. The minimum Gasteiger partial charge on any atom is -0.507 e. The Hall–Kier alpha value is -7.24. The molecule has 0 fully saturated rings. The van der Waals surface area contributed by atoms with E-state index in [1.54, 1.807) is 6.07 Å². The largest absolute Gasteiger partial charge is 0.507 e. The maximum atomic E-state index is 11.1. The molecule has 3 aromatic heterocycles. The molecule has 7 aromatic carbocycles. The first-order valence-electron chi connectivity index (χ1n) is 17.7. The van der Waals surface area contributed by atoms with E-state index >= 15 is 0 Å². The van der Waals surface area contributed by atoms with Gasteiger partial charge in [-0.2, -0.15) is 0 Å². The number of rotatable bonds is 6. The molecule has 0 bridgehead atoms. The Bertz CT molecular complexity index is 2950. The van der Waals surface area contributed by atoms with E-state index in [1.807, 2.05) is 48.7 Å². The first kappa shape index (κ1) is 30.6. The smallest absolute Gasteiger partial charge is 0.149 e. The van der Waals surface area contributed by atoms with Crippen molar-refractivity contribution in [3.05, 3.63) is 188 Å². The zero-order valence-electron chi connectivity index (χ0n) is 28.6. The average Bonchev–Trinajstić information content (AvgIpc) is 3.78. The van der Waals surface area contributed by atoms with Crippen LogP contribution in [-0.2, 0) is 0 Å². The van der Waals surface area contributed by atoms with Gasteiger partial charge in [-0.15, -0.1) is 0 Å². The number of aromatic hydroxyl groups is 1. The summed E-state index contributed by atoms with van der Waals surface area (Å²) in [5.74, 6) is 0.856. The monoisotopic (exact) mass is 680 g/mol. The van der Waals surface area contributed by atoms with Crippen molar-refractivity contribution in [1.82, 2.24) is 19.1 Å². The summed E-state index contributed by atoms with van der Waals surface area (Å²) in [6.07, 6.45) is 1.90. The van der Waals surface area contributed by atoms with Crippen LogP contribution in [0.4, 0.5) is 0 Å². The van der Waals surface area contributed by atoms with Gasteiger partial charge in [-0.3, -0.25) is 9.55 Å². The van der Waals surface area contributed by atoms with Crippen LogP contribution in [0, 0.1) is 0 Å². The number of aromatic nitrogens is 4. The average molecular weight is 681 g/mol. The van der Waals surface area contributed by atoms with Crippen LogP contribution < -0.4 is 0 Å². The molecule has 0 aliphatic carbocycles. The third-order valence-corrected chi connectivity index (χ3v) is 10.1. The zero-order valence-corrected chi connectivity index (χ0v) is 28.6. The fourth-order valence-electron chi connectivity index (χ4n) is 7.71. The number of fused-ring (bicyclic) bond motifs is 4. The molecule has 0 spiro atoms. The van der Waals surface area contributed by atoms with Crippen molar-refractivity contribution in [2.24, 2.45) is 0 Å². The number of hydrogen-bond acceptors (Lipinski definition) is 3. The molecule has 250 valence electrons. The normalized spacial score (nSPS) is 11.5. The summed E-state index contributed by atoms with van der Waals surface area (Å²) >= 11 is 0. The molecule has 5 heteroatoms. The molecule has 0 saturated heterocycles. The number of phenolic OH excluding ortho intramolecular Hbond substituents is 1. The number of pyridine rings is 1. The quantitative estimate of drug-likeness (QED) is 0.190. The zero-order chi connectivity index (χ0) is 35.3. The highest BCUT2D eigenvalue weighted by molar-refractivity contribution is 6.18. The SMILES string of the molecule is Oc1ccccc1-c1nc2c(-c3cc(-c4cc(-c5ccccc5)ccn4)cc4c3c3ccccc3n4-c3ccccc3)cccc2n1-c1ccccc1. The number of para-hydroxylation sites is 5. The van der Waals surface area contributed by atoms with Crippen molar-refractivity contribution in [1.29, 1.82) is 0 Å². The summed E-state index contributed by atoms with van der Waals surface area (Å²) in [5.41, 5.74) is 12.9. The number of nitrogens with zero attached hydrogens (tertiary/aromatic N) is 4. The fraction of sp³-hybridized carbons (Fsp3) is 0. The van der Waals surface area contributed by atoms with Crippen molar-refractivity contribution >= 4 is 32.8 Å². The van der Waals surface area contributed by atoms with E-state index in [4.69, 9.17) is 9.97 Å². The summed E-state index contributed by atoms with van der Waals surface area (Å²) in [4.78, 5) is 10.3. The van der Waals surface area contributed by atoms with Gasteiger partial charge in [-0.25, -0.2) is 4.98 Å². The van der Waals surface area contributed by atoms with Crippen molar-refractivity contribution in [2.45, 2.75) is 0 Å². The topological polar surface area (TPSA) is 55.9 Å². The van der Waals surface area contributed by atoms with Gasteiger partial charge >= 0.3 is 0 Å². The highest BCUT2D eigenvalue weighted by Crippen LogP contribution is 2.44. The second-order valence-corrected chi connectivity index (χ2v) is 13.2. The summed E-state index contributed by atoms with van der Waals surface area (Å²) < 4.78 is 4.50. The molecule has 53 heavy (non-hydrogen) atoms. The third-order valence-electron chi connectivity index (χ3n) is 10.1. The van der Waals surface area contributed by atoms with Crippen LogP contribution in [0.1, 0.15) is 0 Å². The summed E-state index contributed by atoms with van der Waals surface area (Å²) in [5, 5.41) is 13.4. The maximum absolute atomic E-state index is 11.1. The third kappa shape index (κ3) is 5.09. The van der Waals surface area contributed by atoms with Gasteiger partial charge in [0, 0.05) is 39.5 Å². The molecular formula is C48H32N4O. The van der Waals surface area contributed by atoms with Crippen LogP contribution in [0.25, 0.3) is 89.1 Å². The lowest BCUT2D eigenvalue weighted by Crippen LogP contribution is -1.97. The van der Waals surface area contributed by atoms with Gasteiger partial charge in [0.15, 0.2) is 0 Å². The molecule has 5 nitrogen and oxygen atoms in total. The summed E-state index contributed by atoms with van der Waals surface area (Å²) in [7, 11) is 0. The van der Waals surface area contributed by atoms with Crippen LogP contribution in [0.2, 0.25) is 0 Å². The molecule has 0 saturated carbocycles. The molecule has 0 radical (unpaired) electrons. The Kier molecular flexibility index (Phi) is 7.22. The van der Waals surface area contributed by atoms with E-state index in [0.29, 0.717) is 11.4 Å². The number of hydrogen-bond donors (Lipinski definition) is 1. The highest BCUT2D eigenvalue weighted by atomic mass is 16.3. The Balaban J connectivity index is 1.32. The van der Waals surface area contributed by atoms with Gasteiger partial charge in [0.25, 0.3) is 0 Å². The first-order valence-corrected chi connectivity index (χ1v) is 17.7. The van der Waals surface area contributed by atoms with E-state index in [1.165, 1.54) is 0 Å². The van der Waals surface area contributed by atoms with E-state index in [-0.39, 0.29) is 5.75 Å². The molecule has 10 aromatic rings. The van der Waals surface area contributed by atoms with E-state index < -0.39 is 0 Å². The molecule has 0 unspecified atom stereocenters. The Labute approximate surface area is 306 Å². The van der Waals surface area contributed by atoms with E-state index in [9.17, 15) is 5.11 Å². The van der Waals surface area contributed by atoms with Gasteiger partial charge < -0.3 is 9.67 Å². The first-order chi connectivity index (χ1) is 26.2. The Morgan fingerprint density at radius 1 is 0.434 bits per heavy atom. The highest BCUT2D eigenvalue weighted by Gasteiger charge is 2.23. The van der Waals surface area contributed by atoms with E-state index in [0.717, 1.165) is 77.7 Å². The van der Waals surface area contributed by atoms with Crippen LogP contribution in [0.5, 0.6) is 5.75 Å². The lowest BCUT2D eigenvalue weighted by Gasteiger charge is -2.13. The summed E-state index contributed by atoms with van der Waals surface area (Å²) in [6.45, 7) is 0. The van der Waals surface area contributed by atoms with Gasteiger partial charge in [0.1, 0.15) is 11.6 Å². The van der Waals surface area contributed by atoms with Gasteiger partial charge in [-0.1, -0.05) is 109 Å². The van der Waals surface area contributed by atoms with Crippen LogP contribution in [-0.4, -0.2) is 24.2 Å². The minimum absolute atomic E-state index is 0.182. The lowest BCUT2D eigenvalue weighted by atomic mass is 9.94. The van der Waals surface area contributed by atoms with Crippen molar-refractivity contribution in [2.75, 3.05) is 0 Å². The van der Waals surface area contributed by atoms with Crippen molar-refractivity contribution < 1.29 is 5.11 Å². The predicted octanol–water partition coefficient (Wildman–Crippen LogP) is 11.9. The number of imidazole rings is 1.